The predicted octanol–water partition coefficient (Wildman–Crippen LogP) is 4.52. The molecule has 0 aromatic heterocycles. The summed E-state index contributed by atoms with van der Waals surface area (Å²) < 4.78 is 60.5. The third-order valence-corrected chi connectivity index (χ3v) is 7.33. The van der Waals surface area contributed by atoms with Crippen molar-refractivity contribution in [2.45, 2.75) is 68.0 Å². The van der Waals surface area contributed by atoms with Gasteiger partial charge in [0.2, 0.25) is 0 Å². The molecule has 8 heteroatoms. The van der Waals surface area contributed by atoms with Gasteiger partial charge in [-0.05, 0) is 71.2 Å². The molecule has 0 bridgehead atoms. The van der Waals surface area contributed by atoms with Crippen molar-refractivity contribution in [2.75, 3.05) is 0 Å². The molecule has 0 unspecified atom stereocenters. The first kappa shape index (κ1) is 23.5. The van der Waals surface area contributed by atoms with E-state index in [9.17, 15) is 16.8 Å². The number of rotatable bonds is 10. The van der Waals surface area contributed by atoms with E-state index < -0.39 is 31.4 Å². The second-order valence-corrected chi connectivity index (χ2v) is 11.2. The fourth-order valence-electron chi connectivity index (χ4n) is 2.89. The molecule has 2 aromatic rings. The van der Waals surface area contributed by atoms with Crippen LogP contribution < -0.4 is 0 Å². The Bertz CT molecular complexity index is 912. The van der Waals surface area contributed by atoms with Crippen LogP contribution in [0.4, 0.5) is 0 Å². The summed E-state index contributed by atoms with van der Waals surface area (Å²) in [5.41, 5.74) is -1.88. The van der Waals surface area contributed by atoms with Gasteiger partial charge in [0.05, 0.1) is 21.0 Å². The minimum Gasteiger partial charge on any atom is -0.260 e. The largest absolute Gasteiger partial charge is 0.297 e. The second-order valence-electron chi connectivity index (χ2n) is 8.07. The standard InChI is InChI=1S/C21H28O6S2/c1-20(2,26-28(22,23)18-12-7-5-8-13-18)16-11-17-21(3,4)27-29(24,25)19-14-9-6-10-15-19/h5-10,12-15H,11,16-17H2,1-4H3. The first-order valence-electron chi connectivity index (χ1n) is 9.34. The maximum atomic E-state index is 12.4. The maximum absolute atomic E-state index is 12.4. The highest BCUT2D eigenvalue weighted by molar-refractivity contribution is 7.87. The van der Waals surface area contributed by atoms with Crippen LogP contribution >= 0.6 is 0 Å². The van der Waals surface area contributed by atoms with E-state index in [0.717, 1.165) is 0 Å². The van der Waals surface area contributed by atoms with Gasteiger partial charge in [0.25, 0.3) is 20.2 Å². The lowest BCUT2D eigenvalue weighted by atomic mass is 9.95. The average Bonchev–Trinajstić information content (AvgIpc) is 2.61. The maximum Gasteiger partial charge on any atom is 0.297 e. The van der Waals surface area contributed by atoms with E-state index in [1.165, 1.54) is 24.3 Å². The molecular formula is C21H28O6S2. The molecule has 0 aliphatic rings. The normalized spacial score (nSPS) is 13.4. The Morgan fingerprint density at radius 2 is 0.931 bits per heavy atom. The van der Waals surface area contributed by atoms with Gasteiger partial charge < -0.3 is 0 Å². The minimum absolute atomic E-state index is 0.102. The zero-order valence-electron chi connectivity index (χ0n) is 17.2. The van der Waals surface area contributed by atoms with E-state index in [-0.39, 0.29) is 9.79 Å². The van der Waals surface area contributed by atoms with E-state index in [4.69, 9.17) is 8.37 Å². The van der Waals surface area contributed by atoms with Gasteiger partial charge in [-0.15, -0.1) is 0 Å². The molecule has 6 nitrogen and oxygen atoms in total. The zero-order valence-corrected chi connectivity index (χ0v) is 18.8. The van der Waals surface area contributed by atoms with E-state index in [1.54, 1.807) is 64.1 Å². The van der Waals surface area contributed by atoms with Crippen molar-refractivity contribution in [1.29, 1.82) is 0 Å². The smallest absolute Gasteiger partial charge is 0.260 e. The molecular weight excluding hydrogens is 412 g/mol. The summed E-state index contributed by atoms with van der Waals surface area (Å²) in [6.45, 7) is 6.79. The molecule has 2 aromatic carbocycles. The van der Waals surface area contributed by atoms with Crippen LogP contribution in [0.3, 0.4) is 0 Å². The first-order chi connectivity index (χ1) is 13.3. The molecule has 0 radical (unpaired) electrons. The molecule has 0 N–H and O–H groups in total. The zero-order chi connectivity index (χ0) is 21.8. The summed E-state index contributed by atoms with van der Waals surface area (Å²) in [5, 5.41) is 0. The van der Waals surface area contributed by atoms with Crippen molar-refractivity contribution in [3.63, 3.8) is 0 Å². The summed E-state index contributed by atoms with van der Waals surface area (Å²) in [6.07, 6.45) is 1.35. The molecule has 0 spiro atoms. The number of hydrogen-bond donors (Lipinski definition) is 0. The molecule has 0 atom stereocenters. The van der Waals surface area contributed by atoms with E-state index in [0.29, 0.717) is 19.3 Å². The highest BCUT2D eigenvalue weighted by atomic mass is 32.2. The Labute approximate surface area is 174 Å². The highest BCUT2D eigenvalue weighted by Crippen LogP contribution is 2.29. The van der Waals surface area contributed by atoms with Crippen molar-refractivity contribution in [3.8, 4) is 0 Å². The van der Waals surface area contributed by atoms with Gasteiger partial charge in [-0.25, -0.2) is 0 Å². The van der Waals surface area contributed by atoms with Gasteiger partial charge in [-0.2, -0.15) is 16.8 Å². The number of benzene rings is 2. The van der Waals surface area contributed by atoms with Crippen molar-refractivity contribution < 1.29 is 25.2 Å². The van der Waals surface area contributed by atoms with Crippen LogP contribution in [0.25, 0.3) is 0 Å². The predicted molar refractivity (Wildman–Crippen MR) is 111 cm³/mol. The van der Waals surface area contributed by atoms with Gasteiger partial charge in [-0.1, -0.05) is 36.4 Å². The topological polar surface area (TPSA) is 86.7 Å². The summed E-state index contributed by atoms with van der Waals surface area (Å²) in [6, 6.07) is 15.9. The van der Waals surface area contributed by atoms with Crippen LogP contribution in [0, 0.1) is 0 Å². The van der Waals surface area contributed by atoms with Crippen LogP contribution in [0.5, 0.6) is 0 Å². The van der Waals surface area contributed by atoms with E-state index in [1.807, 2.05) is 0 Å². The van der Waals surface area contributed by atoms with Gasteiger partial charge in [0.1, 0.15) is 0 Å². The van der Waals surface area contributed by atoms with Gasteiger partial charge in [0, 0.05) is 0 Å². The summed E-state index contributed by atoms with van der Waals surface area (Å²) in [4.78, 5) is 0.205. The molecule has 0 aliphatic heterocycles. The van der Waals surface area contributed by atoms with Crippen molar-refractivity contribution >= 4 is 20.2 Å². The Balaban J connectivity index is 1.95. The van der Waals surface area contributed by atoms with Gasteiger partial charge in [0.15, 0.2) is 0 Å². The molecule has 0 fully saturated rings. The van der Waals surface area contributed by atoms with Crippen molar-refractivity contribution in [2.24, 2.45) is 0 Å². The second kappa shape index (κ2) is 8.95. The van der Waals surface area contributed by atoms with E-state index in [2.05, 4.69) is 0 Å². The summed E-state index contributed by atoms with van der Waals surface area (Å²) in [7, 11) is -7.75. The molecule has 29 heavy (non-hydrogen) atoms. The van der Waals surface area contributed by atoms with Crippen molar-refractivity contribution in [3.05, 3.63) is 60.7 Å². The Hall–Kier alpha value is -1.74. The fraction of sp³-hybridized carbons (Fsp3) is 0.429. The third-order valence-electron chi connectivity index (χ3n) is 4.29. The Morgan fingerprint density at radius 3 is 1.24 bits per heavy atom. The monoisotopic (exact) mass is 440 g/mol. The lowest BCUT2D eigenvalue weighted by Crippen LogP contribution is -2.31. The fourth-order valence-corrected chi connectivity index (χ4v) is 5.42. The molecule has 0 saturated heterocycles. The SMILES string of the molecule is CC(C)(CCCC(C)(C)OS(=O)(=O)c1ccccc1)OS(=O)(=O)c1ccccc1. The summed E-state index contributed by atoms with van der Waals surface area (Å²) in [5.74, 6) is 0. The minimum atomic E-state index is -3.88. The Kier molecular flexibility index (Phi) is 7.27. The molecule has 0 saturated carbocycles. The van der Waals surface area contributed by atoms with Gasteiger partial charge in [-0.3, -0.25) is 8.37 Å². The summed E-state index contributed by atoms with van der Waals surface area (Å²) >= 11 is 0. The lowest BCUT2D eigenvalue weighted by molar-refractivity contribution is 0.0766. The first-order valence-corrected chi connectivity index (χ1v) is 12.2. The van der Waals surface area contributed by atoms with Crippen LogP contribution in [-0.4, -0.2) is 28.0 Å². The third kappa shape index (κ3) is 7.22. The van der Waals surface area contributed by atoms with Crippen LogP contribution in [-0.2, 0) is 28.6 Å². The molecule has 2 rings (SSSR count). The molecule has 0 amide bonds. The number of hydrogen-bond acceptors (Lipinski definition) is 6. The highest BCUT2D eigenvalue weighted by Gasteiger charge is 2.31. The van der Waals surface area contributed by atoms with Crippen LogP contribution in [0.1, 0.15) is 47.0 Å². The molecule has 160 valence electrons. The molecule has 0 aliphatic carbocycles. The van der Waals surface area contributed by atoms with E-state index >= 15 is 0 Å². The lowest BCUT2D eigenvalue weighted by Gasteiger charge is -2.28. The Morgan fingerprint density at radius 1 is 0.621 bits per heavy atom. The quantitative estimate of drug-likeness (QED) is 0.505. The molecule has 0 heterocycles. The van der Waals surface area contributed by atoms with Gasteiger partial charge >= 0.3 is 0 Å². The van der Waals surface area contributed by atoms with Crippen molar-refractivity contribution in [1.82, 2.24) is 0 Å². The van der Waals surface area contributed by atoms with Crippen LogP contribution in [0.2, 0.25) is 0 Å². The average molecular weight is 441 g/mol. The van der Waals surface area contributed by atoms with Crippen LogP contribution in [0.15, 0.2) is 70.5 Å².